The average Bonchev–Trinajstić information content (AvgIpc) is 2.31. The molecular weight excluding hydrogens is 305 g/mol. The second kappa shape index (κ2) is 5.28. The number of anilines is 2. The minimum atomic E-state index is -4.54. The van der Waals surface area contributed by atoms with Gasteiger partial charge in [0, 0.05) is 17.8 Å². The number of nitrogens with one attached hydrogen (secondary N) is 1. The summed E-state index contributed by atoms with van der Waals surface area (Å²) in [6, 6.07) is 4.83. The van der Waals surface area contributed by atoms with Gasteiger partial charge in [-0.05, 0) is 24.6 Å². The largest absolute Gasteiger partial charge is 0.398 e. The SMILES string of the molecule is Cc1ccc(NS(=O)(=O)c2c(F)cc(F)cc2F)cc1N. The maximum atomic E-state index is 13.5. The number of hydrogen-bond donors (Lipinski definition) is 2. The van der Waals surface area contributed by atoms with Crippen LogP contribution in [0.25, 0.3) is 0 Å². The van der Waals surface area contributed by atoms with Crippen LogP contribution in [0.1, 0.15) is 5.56 Å². The lowest BCUT2D eigenvalue weighted by atomic mass is 10.2. The number of sulfonamides is 1. The number of aryl methyl sites for hydroxylation is 1. The molecule has 4 nitrogen and oxygen atoms in total. The van der Waals surface area contributed by atoms with Crippen molar-refractivity contribution in [1.82, 2.24) is 0 Å². The van der Waals surface area contributed by atoms with Crippen LogP contribution in [0.2, 0.25) is 0 Å². The highest BCUT2D eigenvalue weighted by molar-refractivity contribution is 7.92. The van der Waals surface area contributed by atoms with Gasteiger partial charge in [-0.15, -0.1) is 0 Å². The maximum absolute atomic E-state index is 13.5. The Labute approximate surface area is 119 Å². The van der Waals surface area contributed by atoms with Crippen LogP contribution in [-0.2, 0) is 10.0 Å². The van der Waals surface area contributed by atoms with Gasteiger partial charge < -0.3 is 5.73 Å². The van der Waals surface area contributed by atoms with Crippen molar-refractivity contribution >= 4 is 21.4 Å². The summed E-state index contributed by atoms with van der Waals surface area (Å²) in [5.74, 6) is -4.23. The van der Waals surface area contributed by atoms with Crippen molar-refractivity contribution in [2.45, 2.75) is 11.8 Å². The lowest BCUT2D eigenvalue weighted by Crippen LogP contribution is -2.17. The highest BCUT2D eigenvalue weighted by atomic mass is 32.2. The summed E-state index contributed by atoms with van der Waals surface area (Å²) in [4.78, 5) is -1.25. The van der Waals surface area contributed by atoms with E-state index in [1.807, 2.05) is 4.72 Å². The molecule has 112 valence electrons. The first-order valence-corrected chi connectivity index (χ1v) is 7.22. The summed E-state index contributed by atoms with van der Waals surface area (Å²) in [7, 11) is -4.54. The first-order valence-electron chi connectivity index (χ1n) is 5.74. The van der Waals surface area contributed by atoms with Crippen LogP contribution in [0, 0.1) is 24.4 Å². The Morgan fingerprint density at radius 3 is 2.14 bits per heavy atom. The number of nitrogens with two attached hydrogens (primary N) is 1. The molecule has 0 saturated carbocycles. The lowest BCUT2D eigenvalue weighted by molar-refractivity contribution is 0.498. The first-order chi connectivity index (χ1) is 9.70. The number of nitrogen functional groups attached to an aromatic ring is 1. The van der Waals surface area contributed by atoms with Crippen molar-refractivity contribution in [2.75, 3.05) is 10.5 Å². The molecule has 0 heterocycles. The fourth-order valence-corrected chi connectivity index (χ4v) is 2.87. The van der Waals surface area contributed by atoms with Crippen molar-refractivity contribution in [3.63, 3.8) is 0 Å². The van der Waals surface area contributed by atoms with Gasteiger partial charge in [0.05, 0.1) is 5.69 Å². The molecule has 0 radical (unpaired) electrons. The van der Waals surface area contributed by atoms with Gasteiger partial charge in [0.25, 0.3) is 10.0 Å². The van der Waals surface area contributed by atoms with E-state index in [1.54, 1.807) is 13.0 Å². The van der Waals surface area contributed by atoms with Gasteiger partial charge >= 0.3 is 0 Å². The quantitative estimate of drug-likeness (QED) is 0.855. The van der Waals surface area contributed by atoms with Crippen LogP contribution < -0.4 is 10.5 Å². The molecule has 2 aromatic rings. The summed E-state index contributed by atoms with van der Waals surface area (Å²) in [5.41, 5.74) is 6.70. The van der Waals surface area contributed by atoms with Crippen molar-refractivity contribution < 1.29 is 21.6 Å². The Balaban J connectivity index is 2.46. The second-order valence-corrected chi connectivity index (χ2v) is 5.99. The Kier molecular flexibility index (Phi) is 3.82. The number of hydrogen-bond acceptors (Lipinski definition) is 3. The van der Waals surface area contributed by atoms with Gasteiger partial charge in [-0.25, -0.2) is 21.6 Å². The third kappa shape index (κ3) is 3.10. The van der Waals surface area contributed by atoms with Gasteiger partial charge in [0.1, 0.15) is 17.5 Å². The first kappa shape index (κ1) is 15.2. The third-order valence-electron chi connectivity index (χ3n) is 2.76. The Hall–Kier alpha value is -2.22. The van der Waals surface area contributed by atoms with Gasteiger partial charge in [-0.2, -0.15) is 0 Å². The monoisotopic (exact) mass is 316 g/mol. The minimum absolute atomic E-state index is 0.0428. The molecule has 3 N–H and O–H groups in total. The summed E-state index contributed by atoms with van der Waals surface area (Å²) in [6.07, 6.45) is 0. The average molecular weight is 316 g/mol. The second-order valence-electron chi connectivity index (χ2n) is 4.38. The molecule has 0 aliphatic heterocycles. The topological polar surface area (TPSA) is 72.2 Å². The molecule has 2 rings (SSSR count). The van der Waals surface area contributed by atoms with Gasteiger partial charge in [-0.1, -0.05) is 6.07 Å². The summed E-state index contributed by atoms with van der Waals surface area (Å²) in [6.45, 7) is 1.72. The molecule has 0 aliphatic rings. The number of rotatable bonds is 3. The van der Waals surface area contributed by atoms with Crippen LogP contribution in [0.4, 0.5) is 24.5 Å². The molecule has 0 amide bonds. The normalized spacial score (nSPS) is 11.4. The zero-order valence-corrected chi connectivity index (χ0v) is 11.6. The van der Waals surface area contributed by atoms with Gasteiger partial charge in [0.2, 0.25) is 0 Å². The Morgan fingerprint density at radius 1 is 1.05 bits per heavy atom. The lowest BCUT2D eigenvalue weighted by Gasteiger charge is -2.11. The number of halogens is 3. The molecule has 0 bridgehead atoms. The zero-order valence-electron chi connectivity index (χ0n) is 10.8. The predicted octanol–water partition coefficient (Wildman–Crippen LogP) is 2.80. The fraction of sp³-hybridized carbons (Fsp3) is 0.0769. The molecule has 0 atom stereocenters. The zero-order chi connectivity index (χ0) is 15.8. The predicted molar refractivity (Wildman–Crippen MR) is 72.7 cm³/mol. The molecule has 2 aromatic carbocycles. The maximum Gasteiger partial charge on any atom is 0.267 e. The number of benzene rings is 2. The third-order valence-corrected chi connectivity index (χ3v) is 4.20. The van der Waals surface area contributed by atoms with Crippen LogP contribution in [0.3, 0.4) is 0 Å². The highest BCUT2D eigenvalue weighted by Crippen LogP contribution is 2.24. The summed E-state index contributed by atoms with van der Waals surface area (Å²) >= 11 is 0. The standard InChI is InChI=1S/C13H11F3N2O2S/c1-7-2-3-9(6-12(7)17)18-21(19,20)13-10(15)4-8(14)5-11(13)16/h2-6,18H,17H2,1H3. The molecule has 0 unspecified atom stereocenters. The fourth-order valence-electron chi connectivity index (χ4n) is 1.70. The van der Waals surface area contributed by atoms with E-state index in [2.05, 4.69) is 0 Å². The van der Waals surface area contributed by atoms with Gasteiger partial charge in [0.15, 0.2) is 4.90 Å². The van der Waals surface area contributed by atoms with Crippen LogP contribution in [-0.4, -0.2) is 8.42 Å². The molecule has 0 saturated heterocycles. The Bertz CT molecular complexity index is 784. The van der Waals surface area contributed by atoms with Gasteiger partial charge in [-0.3, -0.25) is 4.72 Å². The van der Waals surface area contributed by atoms with E-state index in [0.29, 0.717) is 17.8 Å². The van der Waals surface area contributed by atoms with E-state index in [9.17, 15) is 21.6 Å². The van der Waals surface area contributed by atoms with E-state index in [0.717, 1.165) is 5.56 Å². The smallest absolute Gasteiger partial charge is 0.267 e. The van der Waals surface area contributed by atoms with E-state index in [1.165, 1.54) is 12.1 Å². The highest BCUT2D eigenvalue weighted by Gasteiger charge is 2.25. The minimum Gasteiger partial charge on any atom is -0.398 e. The van der Waals surface area contributed by atoms with E-state index in [-0.39, 0.29) is 5.69 Å². The molecule has 0 fully saturated rings. The van der Waals surface area contributed by atoms with E-state index < -0.39 is 32.4 Å². The van der Waals surface area contributed by atoms with Crippen molar-refractivity contribution in [2.24, 2.45) is 0 Å². The van der Waals surface area contributed by atoms with Crippen molar-refractivity contribution in [3.8, 4) is 0 Å². The molecule has 0 aromatic heterocycles. The van der Waals surface area contributed by atoms with Crippen molar-refractivity contribution in [1.29, 1.82) is 0 Å². The molecule has 8 heteroatoms. The summed E-state index contributed by atoms with van der Waals surface area (Å²) in [5, 5.41) is 0. The summed E-state index contributed by atoms with van der Waals surface area (Å²) < 4.78 is 65.9. The molecular formula is C13H11F3N2O2S. The van der Waals surface area contributed by atoms with Crippen LogP contribution >= 0.6 is 0 Å². The molecule has 0 spiro atoms. The molecule has 0 aliphatic carbocycles. The van der Waals surface area contributed by atoms with Crippen molar-refractivity contribution in [3.05, 3.63) is 53.3 Å². The Morgan fingerprint density at radius 2 is 1.62 bits per heavy atom. The molecule has 21 heavy (non-hydrogen) atoms. The van der Waals surface area contributed by atoms with Crippen LogP contribution in [0.15, 0.2) is 35.2 Å². The van der Waals surface area contributed by atoms with E-state index >= 15 is 0 Å². The van der Waals surface area contributed by atoms with E-state index in [4.69, 9.17) is 5.73 Å². The van der Waals surface area contributed by atoms with Crippen LogP contribution in [0.5, 0.6) is 0 Å².